The van der Waals surface area contributed by atoms with Crippen LogP contribution in [0.25, 0.3) is 16.7 Å². The van der Waals surface area contributed by atoms with Crippen molar-refractivity contribution in [2.24, 2.45) is 0 Å². The van der Waals surface area contributed by atoms with E-state index in [-0.39, 0.29) is 11.5 Å². The van der Waals surface area contributed by atoms with Crippen LogP contribution in [0.2, 0.25) is 0 Å². The average Bonchev–Trinajstić information content (AvgIpc) is 3.32. The van der Waals surface area contributed by atoms with Gasteiger partial charge in [-0.3, -0.25) is 18.6 Å². The van der Waals surface area contributed by atoms with E-state index in [1.807, 2.05) is 89.3 Å². The van der Waals surface area contributed by atoms with E-state index in [1.54, 1.807) is 4.57 Å². The number of nitrogens with zero attached hydrogens (tertiary/aromatic N) is 4. The summed E-state index contributed by atoms with van der Waals surface area (Å²) in [5.41, 5.74) is 2.23. The van der Waals surface area contributed by atoms with Gasteiger partial charge in [-0.05, 0) is 36.2 Å². The molecular formula is C27H25N5O2S. The lowest BCUT2D eigenvalue weighted by Crippen LogP contribution is -2.23. The number of hydrogen-bond donors (Lipinski definition) is 1. The smallest absolute Gasteiger partial charge is 0.262 e. The fourth-order valence-electron chi connectivity index (χ4n) is 4.06. The third-order valence-electron chi connectivity index (χ3n) is 5.82. The van der Waals surface area contributed by atoms with Gasteiger partial charge < -0.3 is 5.32 Å². The van der Waals surface area contributed by atoms with E-state index < -0.39 is 5.25 Å². The summed E-state index contributed by atoms with van der Waals surface area (Å²) in [5.74, 6) is 0.327. The number of unbranched alkanes of at least 4 members (excludes halogenated alkanes) is 1. The maximum Gasteiger partial charge on any atom is 0.262 e. The predicted octanol–water partition coefficient (Wildman–Crippen LogP) is 5.32. The van der Waals surface area contributed by atoms with Crippen molar-refractivity contribution in [1.29, 1.82) is 0 Å². The molecule has 176 valence electrons. The maximum atomic E-state index is 13.5. The molecule has 2 heterocycles. The molecule has 2 aromatic heterocycles. The summed E-state index contributed by atoms with van der Waals surface area (Å²) in [7, 11) is 0. The number of nitrogens with one attached hydrogen (secondary N) is 1. The molecular weight excluding hydrogens is 458 g/mol. The van der Waals surface area contributed by atoms with E-state index in [2.05, 4.69) is 22.4 Å². The average molecular weight is 484 g/mol. The highest BCUT2D eigenvalue weighted by molar-refractivity contribution is 8.00. The van der Waals surface area contributed by atoms with Crippen LogP contribution in [-0.2, 0) is 11.3 Å². The first-order chi connectivity index (χ1) is 17.2. The molecule has 0 saturated carbocycles. The molecule has 0 fully saturated rings. The molecule has 0 aliphatic carbocycles. The Hall–Kier alpha value is -3.91. The van der Waals surface area contributed by atoms with Gasteiger partial charge in [0.15, 0.2) is 5.16 Å². The van der Waals surface area contributed by atoms with E-state index in [0.717, 1.165) is 29.6 Å². The van der Waals surface area contributed by atoms with Crippen molar-refractivity contribution < 1.29 is 4.79 Å². The van der Waals surface area contributed by atoms with E-state index in [4.69, 9.17) is 0 Å². The van der Waals surface area contributed by atoms with Gasteiger partial charge in [0.25, 0.3) is 5.56 Å². The second-order valence-electron chi connectivity index (χ2n) is 8.21. The Morgan fingerprint density at radius 2 is 1.63 bits per heavy atom. The van der Waals surface area contributed by atoms with Gasteiger partial charge in [-0.15, -0.1) is 10.2 Å². The van der Waals surface area contributed by atoms with Crippen LogP contribution in [0.1, 0.15) is 30.6 Å². The molecule has 0 spiro atoms. The molecule has 8 heteroatoms. The zero-order valence-electron chi connectivity index (χ0n) is 19.3. The van der Waals surface area contributed by atoms with Gasteiger partial charge in [0.2, 0.25) is 11.7 Å². The van der Waals surface area contributed by atoms with Crippen molar-refractivity contribution in [3.05, 3.63) is 101 Å². The lowest BCUT2D eigenvalue weighted by molar-refractivity contribution is -0.115. The van der Waals surface area contributed by atoms with E-state index in [9.17, 15) is 9.59 Å². The molecule has 35 heavy (non-hydrogen) atoms. The molecule has 0 saturated heterocycles. The van der Waals surface area contributed by atoms with Gasteiger partial charge in [-0.2, -0.15) is 0 Å². The Bertz CT molecular complexity index is 1530. The molecule has 1 N–H and O–H groups in total. The number of benzene rings is 3. The maximum absolute atomic E-state index is 13.5. The Morgan fingerprint density at radius 1 is 0.943 bits per heavy atom. The van der Waals surface area contributed by atoms with Gasteiger partial charge in [0.05, 0.1) is 10.9 Å². The molecule has 1 unspecified atom stereocenters. The van der Waals surface area contributed by atoms with Crippen LogP contribution in [0.4, 0.5) is 5.69 Å². The Balaban J connectivity index is 1.62. The summed E-state index contributed by atoms with van der Waals surface area (Å²) >= 11 is 1.32. The minimum absolute atomic E-state index is 0.0769. The second kappa shape index (κ2) is 10.1. The van der Waals surface area contributed by atoms with Crippen molar-refractivity contribution >= 4 is 40.0 Å². The van der Waals surface area contributed by atoms with Crippen molar-refractivity contribution in [1.82, 2.24) is 19.2 Å². The fraction of sp³-hybridized carbons (Fsp3) is 0.185. The van der Waals surface area contributed by atoms with Gasteiger partial charge in [0.1, 0.15) is 5.25 Å². The summed E-state index contributed by atoms with van der Waals surface area (Å²) < 4.78 is 3.58. The quantitative estimate of drug-likeness (QED) is 0.302. The van der Waals surface area contributed by atoms with Crippen LogP contribution in [0.3, 0.4) is 0 Å². The third-order valence-corrected chi connectivity index (χ3v) is 7.02. The summed E-state index contributed by atoms with van der Waals surface area (Å²) in [6.07, 6.45) is 1.81. The number of para-hydroxylation sites is 2. The Kier molecular flexibility index (Phi) is 6.63. The number of aryl methyl sites for hydroxylation is 1. The molecule has 7 nitrogen and oxygen atoms in total. The topological polar surface area (TPSA) is 81.3 Å². The number of hydrogen-bond acceptors (Lipinski definition) is 5. The molecule has 0 aliphatic heterocycles. The van der Waals surface area contributed by atoms with E-state index in [0.29, 0.717) is 22.9 Å². The highest BCUT2D eigenvalue weighted by atomic mass is 32.2. The Labute approximate surface area is 206 Å². The van der Waals surface area contributed by atoms with Crippen molar-refractivity contribution in [2.75, 3.05) is 5.32 Å². The van der Waals surface area contributed by atoms with Gasteiger partial charge >= 0.3 is 0 Å². The normalized spacial score (nSPS) is 12.1. The number of anilines is 1. The molecule has 5 rings (SSSR count). The van der Waals surface area contributed by atoms with Crippen molar-refractivity contribution in [3.8, 4) is 0 Å². The zero-order valence-corrected chi connectivity index (χ0v) is 20.1. The molecule has 3 aromatic carbocycles. The summed E-state index contributed by atoms with van der Waals surface area (Å²) in [4.78, 5) is 26.7. The third kappa shape index (κ3) is 4.57. The highest BCUT2D eigenvalue weighted by Gasteiger charge is 2.26. The molecule has 0 bridgehead atoms. The molecule has 0 radical (unpaired) electrons. The molecule has 1 atom stereocenters. The molecule has 0 aliphatic rings. The van der Waals surface area contributed by atoms with E-state index in [1.165, 1.54) is 11.8 Å². The highest BCUT2D eigenvalue weighted by Crippen LogP contribution is 2.36. The number of thioether (sulfide) groups is 1. The zero-order chi connectivity index (χ0) is 24.2. The lowest BCUT2D eigenvalue weighted by atomic mass is 10.1. The molecule has 5 aromatic rings. The van der Waals surface area contributed by atoms with Crippen molar-refractivity contribution in [2.45, 2.75) is 36.7 Å². The van der Waals surface area contributed by atoms with Crippen molar-refractivity contribution in [3.63, 3.8) is 0 Å². The standard InChI is InChI=1S/C27H25N5O2S/c1-2-3-18-31-25(34)21-16-10-11-17-22(21)32-26(31)29-30-27(32)35-23(19-12-6-4-7-13-19)24(33)28-20-14-8-5-9-15-20/h4-17,23H,2-3,18H2,1H3,(H,28,33). The summed E-state index contributed by atoms with van der Waals surface area (Å²) in [5, 5.41) is 12.4. The first kappa shape index (κ1) is 22.9. The van der Waals surface area contributed by atoms with Gasteiger partial charge in [-0.25, -0.2) is 0 Å². The minimum Gasteiger partial charge on any atom is -0.325 e. The lowest BCUT2D eigenvalue weighted by Gasteiger charge is -2.17. The largest absolute Gasteiger partial charge is 0.325 e. The van der Waals surface area contributed by atoms with E-state index >= 15 is 0 Å². The summed E-state index contributed by atoms with van der Waals surface area (Å²) in [6.45, 7) is 2.65. The van der Waals surface area contributed by atoms with Crippen LogP contribution in [0.15, 0.2) is 94.9 Å². The van der Waals surface area contributed by atoms with Crippen LogP contribution in [0, 0.1) is 0 Å². The van der Waals surface area contributed by atoms with Crippen LogP contribution in [0.5, 0.6) is 0 Å². The molecule has 1 amide bonds. The number of carbonyl (C=O) groups excluding carboxylic acids is 1. The first-order valence-electron chi connectivity index (χ1n) is 11.6. The SMILES string of the molecule is CCCCn1c(=O)c2ccccc2n2c(SC(C(=O)Nc3ccccc3)c3ccccc3)nnc12. The van der Waals surface area contributed by atoms with Gasteiger partial charge in [-0.1, -0.05) is 85.8 Å². The number of amides is 1. The first-order valence-corrected chi connectivity index (χ1v) is 12.5. The van der Waals surface area contributed by atoms with Gasteiger partial charge in [0, 0.05) is 12.2 Å². The summed E-state index contributed by atoms with van der Waals surface area (Å²) in [6, 6.07) is 26.5. The minimum atomic E-state index is -0.571. The Morgan fingerprint density at radius 3 is 2.37 bits per heavy atom. The number of aromatic nitrogens is 4. The monoisotopic (exact) mass is 483 g/mol. The second-order valence-corrected chi connectivity index (χ2v) is 9.28. The predicted molar refractivity (Wildman–Crippen MR) is 140 cm³/mol. The number of carbonyl (C=O) groups is 1. The van der Waals surface area contributed by atoms with Crippen LogP contribution < -0.4 is 10.9 Å². The van der Waals surface area contributed by atoms with Crippen LogP contribution in [-0.4, -0.2) is 25.1 Å². The number of rotatable bonds is 8. The van der Waals surface area contributed by atoms with Crippen LogP contribution >= 0.6 is 11.8 Å². The fourth-order valence-corrected chi connectivity index (χ4v) is 5.11. The number of fused-ring (bicyclic) bond motifs is 3.